The minimum absolute atomic E-state index is 0.0370. The second-order valence-electron chi connectivity index (χ2n) is 7.59. The summed E-state index contributed by atoms with van der Waals surface area (Å²) < 4.78 is 45.3. The van der Waals surface area contributed by atoms with E-state index in [-0.39, 0.29) is 47.0 Å². The molecule has 0 atom stereocenters. The number of benzene rings is 2. The quantitative estimate of drug-likeness (QED) is 0.146. The molecule has 0 aliphatic heterocycles. The first-order valence-corrected chi connectivity index (χ1v) is 10.8. The van der Waals surface area contributed by atoms with Crippen molar-refractivity contribution in [2.24, 2.45) is 10.7 Å². The van der Waals surface area contributed by atoms with Crippen molar-refractivity contribution < 1.29 is 22.8 Å². The van der Waals surface area contributed by atoms with Gasteiger partial charge in [0.2, 0.25) is 11.9 Å². The lowest BCUT2D eigenvalue weighted by atomic mass is 10.0. The van der Waals surface area contributed by atoms with Crippen molar-refractivity contribution in [1.82, 2.24) is 15.8 Å². The number of fused-ring (bicyclic) bond motifs is 1. The number of anilines is 1. The van der Waals surface area contributed by atoms with E-state index >= 15 is 13.2 Å². The van der Waals surface area contributed by atoms with Crippen LogP contribution in [-0.4, -0.2) is 43.6 Å². The topological polar surface area (TPSA) is 137 Å². The van der Waals surface area contributed by atoms with Crippen LogP contribution in [0.3, 0.4) is 0 Å². The van der Waals surface area contributed by atoms with E-state index in [1.54, 1.807) is 18.2 Å². The molecule has 1 aromatic heterocycles. The second-order valence-corrected chi connectivity index (χ2v) is 7.59. The molecule has 0 aliphatic carbocycles. The lowest BCUT2D eigenvalue weighted by Crippen LogP contribution is -2.35. The molecule has 188 valence electrons. The number of para-hydroxylation sites is 1. The molecule has 3 rings (SSSR count). The molecule has 5 N–H and O–H groups in total. The molecular weight excluding hydrogens is 475 g/mol. The number of nitriles is 1. The van der Waals surface area contributed by atoms with Gasteiger partial charge in [-0.15, -0.1) is 0 Å². The molecule has 1 heterocycles. The number of guanidine groups is 1. The number of carbonyl (C=O) groups is 1. The van der Waals surface area contributed by atoms with Crippen LogP contribution in [0.4, 0.5) is 18.9 Å². The van der Waals surface area contributed by atoms with Crippen molar-refractivity contribution in [2.75, 3.05) is 32.1 Å². The summed E-state index contributed by atoms with van der Waals surface area (Å²) in [5.74, 6) is -4.88. The van der Waals surface area contributed by atoms with Crippen LogP contribution in [0.1, 0.15) is 16.7 Å². The first-order chi connectivity index (χ1) is 17.3. The highest BCUT2D eigenvalue weighted by Crippen LogP contribution is 2.33. The number of alkyl halides is 2. The van der Waals surface area contributed by atoms with Gasteiger partial charge in [0.15, 0.2) is 5.82 Å². The third-order valence-electron chi connectivity index (χ3n) is 5.17. The van der Waals surface area contributed by atoms with Gasteiger partial charge in [0.25, 0.3) is 5.92 Å². The summed E-state index contributed by atoms with van der Waals surface area (Å²) >= 11 is 0. The van der Waals surface area contributed by atoms with Crippen LogP contribution in [0.5, 0.6) is 0 Å². The summed E-state index contributed by atoms with van der Waals surface area (Å²) in [6.45, 7) is -0.823. The molecule has 0 fully saturated rings. The first kappa shape index (κ1) is 26.2. The fourth-order valence-electron chi connectivity index (χ4n) is 3.37. The Labute approximate surface area is 205 Å². The first-order valence-electron chi connectivity index (χ1n) is 10.8. The zero-order chi connectivity index (χ0) is 26.1. The molecule has 0 spiro atoms. The number of hydroxylamine groups is 1. The second kappa shape index (κ2) is 11.9. The smallest absolute Gasteiger partial charge is 0.292 e. The maximum atomic E-state index is 15.2. The Morgan fingerprint density at radius 3 is 2.78 bits per heavy atom. The van der Waals surface area contributed by atoms with Crippen LogP contribution in [0, 0.1) is 17.1 Å². The lowest BCUT2D eigenvalue weighted by molar-refractivity contribution is -0.120. The van der Waals surface area contributed by atoms with E-state index in [1.165, 1.54) is 37.5 Å². The average molecular weight is 499 g/mol. The lowest BCUT2D eigenvalue weighted by Gasteiger charge is -2.20. The molecule has 0 bridgehead atoms. The van der Waals surface area contributed by atoms with Crippen molar-refractivity contribution in [2.45, 2.75) is 12.3 Å². The van der Waals surface area contributed by atoms with E-state index in [2.05, 4.69) is 26.1 Å². The van der Waals surface area contributed by atoms with Crippen LogP contribution in [-0.2, 0) is 22.0 Å². The number of carbonyl (C=O) groups excluding carboxylic acids is 1. The number of aliphatic imine (C=N–C) groups is 1. The van der Waals surface area contributed by atoms with Gasteiger partial charge < -0.3 is 16.4 Å². The largest absolute Gasteiger partial charge is 0.376 e. The molecule has 0 saturated heterocycles. The molecule has 2 aromatic carbocycles. The summed E-state index contributed by atoms with van der Waals surface area (Å²) in [5.41, 5.74) is 7.02. The maximum absolute atomic E-state index is 15.2. The minimum atomic E-state index is -3.38. The Morgan fingerprint density at radius 1 is 1.25 bits per heavy atom. The third kappa shape index (κ3) is 6.39. The average Bonchev–Trinajstić information content (AvgIpc) is 2.88. The van der Waals surface area contributed by atoms with Gasteiger partial charge in [0, 0.05) is 36.3 Å². The summed E-state index contributed by atoms with van der Waals surface area (Å²) in [6, 6.07) is 12.0. The van der Waals surface area contributed by atoms with Crippen molar-refractivity contribution >= 4 is 28.5 Å². The Bertz CT molecular complexity index is 1300. The molecule has 0 radical (unpaired) electrons. The highest BCUT2D eigenvalue weighted by molar-refractivity contribution is 5.82. The van der Waals surface area contributed by atoms with Crippen LogP contribution in [0.15, 0.2) is 53.7 Å². The van der Waals surface area contributed by atoms with E-state index in [9.17, 15) is 10.1 Å². The van der Waals surface area contributed by atoms with Gasteiger partial charge in [0.05, 0.1) is 42.4 Å². The standard InChI is InChI=1S/C24H24F3N7O2/c1-30-23(29)34-36-11-10-31-20(35)12-17-16(13-28)7-8-19(21(17)25)33-14-24(26,27)18-6-2-4-15-5-3-9-32-22(15)18/h2-9,33H,10-12,14H2,1H3,(H,31,35)(H3,29,30,34). The predicted octanol–water partition coefficient (Wildman–Crippen LogP) is 2.57. The van der Waals surface area contributed by atoms with Gasteiger partial charge in [-0.3, -0.25) is 19.6 Å². The number of pyridine rings is 1. The Balaban J connectivity index is 1.69. The molecule has 9 nitrogen and oxygen atoms in total. The van der Waals surface area contributed by atoms with Gasteiger partial charge in [-0.1, -0.05) is 24.3 Å². The fourth-order valence-corrected chi connectivity index (χ4v) is 3.37. The summed E-state index contributed by atoms with van der Waals surface area (Å²) in [7, 11) is 1.46. The van der Waals surface area contributed by atoms with Gasteiger partial charge in [-0.05, 0) is 18.2 Å². The van der Waals surface area contributed by atoms with E-state index in [1.807, 2.05) is 6.07 Å². The number of nitrogens with zero attached hydrogens (tertiary/aromatic N) is 3. The van der Waals surface area contributed by atoms with Crippen LogP contribution >= 0.6 is 0 Å². The predicted molar refractivity (Wildman–Crippen MR) is 129 cm³/mol. The highest BCUT2D eigenvalue weighted by Gasteiger charge is 2.34. The Hall–Kier alpha value is -4.37. The van der Waals surface area contributed by atoms with Gasteiger partial charge in [0.1, 0.15) is 0 Å². The number of amides is 1. The minimum Gasteiger partial charge on any atom is -0.376 e. The highest BCUT2D eigenvalue weighted by atomic mass is 19.3. The van der Waals surface area contributed by atoms with Crippen molar-refractivity contribution in [3.05, 3.63) is 71.2 Å². The van der Waals surface area contributed by atoms with Crippen molar-refractivity contribution in [1.29, 1.82) is 5.26 Å². The van der Waals surface area contributed by atoms with Crippen LogP contribution in [0.25, 0.3) is 10.9 Å². The Morgan fingerprint density at radius 2 is 2.03 bits per heavy atom. The number of hydrogen-bond acceptors (Lipinski definition) is 6. The molecule has 0 unspecified atom stereocenters. The summed E-state index contributed by atoms with van der Waals surface area (Å²) in [4.78, 5) is 24.9. The zero-order valence-electron chi connectivity index (χ0n) is 19.3. The third-order valence-corrected chi connectivity index (χ3v) is 5.17. The van der Waals surface area contributed by atoms with Crippen molar-refractivity contribution in [3.8, 4) is 6.07 Å². The molecule has 36 heavy (non-hydrogen) atoms. The van der Waals surface area contributed by atoms with E-state index in [4.69, 9.17) is 10.6 Å². The van der Waals surface area contributed by atoms with E-state index in [0.717, 1.165) is 0 Å². The van der Waals surface area contributed by atoms with Crippen LogP contribution in [0.2, 0.25) is 0 Å². The fraction of sp³-hybridized carbons (Fsp3) is 0.250. The normalized spacial score (nSPS) is 11.7. The zero-order valence-corrected chi connectivity index (χ0v) is 19.3. The number of nitrogens with two attached hydrogens (primary N) is 1. The number of halogens is 3. The van der Waals surface area contributed by atoms with Crippen molar-refractivity contribution in [3.63, 3.8) is 0 Å². The maximum Gasteiger partial charge on any atom is 0.292 e. The molecule has 1 amide bonds. The van der Waals surface area contributed by atoms with Gasteiger partial charge in [-0.25, -0.2) is 9.87 Å². The van der Waals surface area contributed by atoms with Crippen LogP contribution < -0.4 is 21.8 Å². The number of hydrogen-bond donors (Lipinski definition) is 4. The summed E-state index contributed by atoms with van der Waals surface area (Å²) in [5, 5.41) is 14.8. The Kier molecular flexibility index (Phi) is 8.64. The van der Waals surface area contributed by atoms with E-state index < -0.39 is 30.6 Å². The summed E-state index contributed by atoms with van der Waals surface area (Å²) in [6.07, 6.45) is 0.949. The number of rotatable bonds is 10. The molecule has 0 aliphatic rings. The molecule has 12 heteroatoms. The molecular formula is C24H24F3N7O2. The monoisotopic (exact) mass is 499 g/mol. The SMILES string of the molecule is C/N=C(/N)NOCCNC(=O)Cc1c(C#N)ccc(NCC(F)(F)c2cccc3cccnc23)c1F. The van der Waals surface area contributed by atoms with E-state index in [0.29, 0.717) is 5.39 Å². The molecule has 3 aromatic rings. The van der Waals surface area contributed by atoms with Gasteiger partial charge >= 0.3 is 0 Å². The molecule has 0 saturated carbocycles. The van der Waals surface area contributed by atoms with Gasteiger partial charge in [-0.2, -0.15) is 14.0 Å². The number of nitrogens with one attached hydrogen (secondary N) is 3. The number of aromatic nitrogens is 1.